The Morgan fingerprint density at radius 2 is 1.78 bits per heavy atom. The number of fused-ring (bicyclic) bond motifs is 1. The van der Waals surface area contributed by atoms with Crippen LogP contribution in [0.2, 0.25) is 0 Å². The monoisotopic (exact) mass is 678 g/mol. The first kappa shape index (κ1) is 31.8. The van der Waals surface area contributed by atoms with E-state index in [9.17, 15) is 14.4 Å². The predicted octanol–water partition coefficient (Wildman–Crippen LogP) is 4.57. The molecule has 6 rings (SSSR count). The fourth-order valence-electron chi connectivity index (χ4n) is 5.54. The van der Waals surface area contributed by atoms with E-state index in [2.05, 4.69) is 19.8 Å². The number of amides is 2. The molecule has 2 atom stereocenters. The van der Waals surface area contributed by atoms with Crippen LogP contribution >= 0.6 is 34.9 Å². The van der Waals surface area contributed by atoms with Crippen LogP contribution in [0, 0.1) is 0 Å². The lowest BCUT2D eigenvalue weighted by atomic mass is 10.0. The number of nitrogens with zero attached hydrogens (tertiary/aromatic N) is 4. The molecule has 2 aliphatic heterocycles. The molecular weight excluding hydrogens is 648 g/mol. The second kappa shape index (κ2) is 14.5. The Morgan fingerprint density at radius 3 is 2.39 bits per heavy atom. The van der Waals surface area contributed by atoms with Gasteiger partial charge in [-0.05, 0) is 42.4 Å². The largest absolute Gasteiger partial charge is 0.448 e. The smallest absolute Gasteiger partial charge is 0.356 e. The van der Waals surface area contributed by atoms with E-state index in [-0.39, 0.29) is 34.3 Å². The summed E-state index contributed by atoms with van der Waals surface area (Å²) < 4.78 is 10.3. The molecule has 0 bridgehead atoms. The number of halogens is 1. The van der Waals surface area contributed by atoms with Gasteiger partial charge in [-0.1, -0.05) is 78.0 Å². The van der Waals surface area contributed by atoms with Crippen molar-refractivity contribution in [3.63, 3.8) is 0 Å². The molecule has 3 aliphatic rings. The van der Waals surface area contributed by atoms with Crippen molar-refractivity contribution < 1.29 is 24.0 Å². The first-order valence-corrected chi connectivity index (χ1v) is 17.2. The lowest BCUT2D eigenvalue weighted by Crippen LogP contribution is -2.71. The number of oxime groups is 1. The number of hydrogen-bond acceptors (Lipinski definition) is 11. The van der Waals surface area contributed by atoms with Crippen LogP contribution in [0.4, 0.5) is 5.13 Å². The summed E-state index contributed by atoms with van der Waals surface area (Å²) >= 11 is 8.27. The third-order valence-corrected chi connectivity index (χ3v) is 9.80. The normalized spacial score (nSPS) is 20.2. The number of nitrogen functional groups attached to an aromatic ring is 1. The number of aromatic nitrogens is 2. The summed E-state index contributed by atoms with van der Waals surface area (Å²) in [5.74, 6) is -1.18. The highest BCUT2D eigenvalue weighted by atomic mass is 35.5. The van der Waals surface area contributed by atoms with Crippen LogP contribution in [0.25, 0.3) is 0 Å². The van der Waals surface area contributed by atoms with Crippen molar-refractivity contribution >= 4 is 63.5 Å². The molecule has 11 nitrogen and oxygen atoms in total. The van der Waals surface area contributed by atoms with E-state index in [4.69, 9.17) is 26.9 Å². The maximum absolute atomic E-state index is 14.0. The van der Waals surface area contributed by atoms with Crippen molar-refractivity contribution in [2.24, 2.45) is 5.16 Å². The Kier molecular flexibility index (Phi) is 10.0. The summed E-state index contributed by atoms with van der Waals surface area (Å²) in [5.41, 5.74) is 7.89. The summed E-state index contributed by atoms with van der Waals surface area (Å²) in [6, 6.07) is 17.9. The van der Waals surface area contributed by atoms with Crippen LogP contribution in [-0.4, -0.2) is 66.9 Å². The molecule has 1 saturated heterocycles. The van der Waals surface area contributed by atoms with Gasteiger partial charge in [0.25, 0.3) is 11.8 Å². The molecule has 2 amide bonds. The number of allylic oxidation sites excluding steroid dienone is 2. The third kappa shape index (κ3) is 6.81. The minimum Gasteiger partial charge on any atom is -0.448 e. The molecule has 0 radical (unpaired) electrons. The van der Waals surface area contributed by atoms with Gasteiger partial charge >= 0.3 is 5.97 Å². The van der Waals surface area contributed by atoms with Gasteiger partial charge in [0.2, 0.25) is 11.5 Å². The molecular formula is C32H31ClN6O5S2. The maximum Gasteiger partial charge on any atom is 0.356 e. The average molecular weight is 679 g/mol. The molecule has 2 aromatic carbocycles. The minimum atomic E-state index is -0.939. The summed E-state index contributed by atoms with van der Waals surface area (Å²) in [7, 11) is 0. The van der Waals surface area contributed by atoms with Crippen molar-refractivity contribution in [2.45, 2.75) is 49.3 Å². The second-order valence-corrected chi connectivity index (χ2v) is 13.0. The van der Waals surface area contributed by atoms with Gasteiger partial charge in [0.15, 0.2) is 11.2 Å². The number of rotatable bonds is 11. The number of anilines is 1. The first-order valence-electron chi connectivity index (χ1n) is 14.8. The summed E-state index contributed by atoms with van der Waals surface area (Å²) in [6.45, 7) is 0. The lowest BCUT2D eigenvalue weighted by Gasteiger charge is -2.49. The number of esters is 1. The molecule has 1 aromatic heterocycles. The number of β-lactam (4-membered cyclic amide) rings is 1. The fraction of sp³-hybridized carbons (Fsp3) is 0.312. The van der Waals surface area contributed by atoms with Gasteiger partial charge < -0.3 is 20.6 Å². The van der Waals surface area contributed by atoms with Gasteiger partial charge in [-0.15, -0.1) is 23.4 Å². The van der Waals surface area contributed by atoms with Crippen LogP contribution in [0.3, 0.4) is 0 Å². The first-order chi connectivity index (χ1) is 22.4. The van der Waals surface area contributed by atoms with Gasteiger partial charge in [0.1, 0.15) is 23.2 Å². The zero-order valence-electron chi connectivity index (χ0n) is 24.6. The number of hydrogen-bond donors (Lipinski definition) is 2. The average Bonchev–Trinajstić information content (AvgIpc) is 3.77. The highest BCUT2D eigenvalue weighted by Crippen LogP contribution is 2.42. The van der Waals surface area contributed by atoms with Crippen LogP contribution in [0.5, 0.6) is 0 Å². The van der Waals surface area contributed by atoms with Crippen molar-refractivity contribution in [1.82, 2.24) is 19.6 Å². The molecule has 14 heteroatoms. The van der Waals surface area contributed by atoms with E-state index in [1.165, 1.54) is 16.7 Å². The second-order valence-electron chi connectivity index (χ2n) is 10.8. The summed E-state index contributed by atoms with van der Waals surface area (Å²) in [4.78, 5) is 52.4. The summed E-state index contributed by atoms with van der Waals surface area (Å²) in [6.07, 6.45) is 6.33. The molecule has 46 heavy (non-hydrogen) atoms. The number of carbonyl (C=O) groups excluding carboxylic acids is 3. The molecule has 3 aromatic rings. The van der Waals surface area contributed by atoms with Crippen molar-refractivity contribution in [3.8, 4) is 0 Å². The quantitative estimate of drug-likeness (QED) is 0.0978. The molecule has 0 spiro atoms. The van der Waals surface area contributed by atoms with Gasteiger partial charge in [-0.3, -0.25) is 14.5 Å². The third-order valence-electron chi connectivity index (χ3n) is 7.78. The van der Waals surface area contributed by atoms with Gasteiger partial charge in [-0.2, -0.15) is 9.36 Å². The molecule has 1 aliphatic carbocycles. The molecule has 238 valence electrons. The molecule has 3 heterocycles. The van der Waals surface area contributed by atoms with Crippen LogP contribution < -0.4 is 11.1 Å². The van der Waals surface area contributed by atoms with Crippen LogP contribution in [0.15, 0.2) is 89.2 Å². The maximum atomic E-state index is 14.0. The fourth-order valence-corrected chi connectivity index (χ4v) is 7.38. The zero-order valence-corrected chi connectivity index (χ0v) is 27.0. The van der Waals surface area contributed by atoms with Crippen molar-refractivity contribution in [2.75, 3.05) is 17.4 Å². The summed E-state index contributed by atoms with van der Waals surface area (Å²) in [5, 5.41) is 6.47. The Hall–Kier alpha value is -4.20. The Labute approximate surface area is 279 Å². The molecule has 1 saturated carbocycles. The topological polar surface area (TPSA) is 149 Å². The highest BCUT2D eigenvalue weighted by molar-refractivity contribution is 8.00. The van der Waals surface area contributed by atoms with E-state index in [1.54, 1.807) is 12.2 Å². The Bertz CT molecular complexity index is 1640. The predicted molar refractivity (Wildman–Crippen MR) is 177 cm³/mol. The Balaban J connectivity index is 1.24. The standard InChI is InChI=1S/C32H31ClN6O5S2/c33-17-9-14-21-18-45-30-24(35-28(40)23(27-36-32(34)46-38-27)37-44-22-15-7-8-16-22)29(41)39(30)25(21)31(42)43-26(19-10-3-1-4-11-19)20-12-5-2-6-13-20/h1-6,9-14,22,24,26,30H,7-8,15-18H2,(H,35,40)(H2,34,36,38)/t24?,30-/m1/s1. The molecule has 2 fully saturated rings. The molecule has 1 unspecified atom stereocenters. The van der Waals surface area contributed by atoms with Gasteiger partial charge in [0.05, 0.1) is 0 Å². The number of carbonyl (C=O) groups is 3. The van der Waals surface area contributed by atoms with E-state index in [1.807, 2.05) is 60.7 Å². The molecule has 3 N–H and O–H groups in total. The number of alkyl halides is 1. The number of benzene rings is 2. The van der Waals surface area contributed by atoms with Crippen molar-refractivity contribution in [1.29, 1.82) is 0 Å². The lowest BCUT2D eigenvalue weighted by molar-refractivity contribution is -0.154. The van der Waals surface area contributed by atoms with E-state index in [0.29, 0.717) is 11.3 Å². The van der Waals surface area contributed by atoms with Gasteiger partial charge in [0, 0.05) is 23.2 Å². The zero-order chi connectivity index (χ0) is 32.0. The van der Waals surface area contributed by atoms with Gasteiger partial charge in [-0.25, -0.2) is 4.79 Å². The van der Waals surface area contributed by atoms with E-state index in [0.717, 1.165) is 48.3 Å². The highest BCUT2D eigenvalue weighted by Gasteiger charge is 2.54. The van der Waals surface area contributed by atoms with E-state index >= 15 is 0 Å². The Morgan fingerprint density at radius 1 is 1.11 bits per heavy atom. The number of nitrogens with one attached hydrogen (secondary N) is 1. The SMILES string of the molecule is Nc1nc(C(=NOC2CCCC2)C(=O)NC2C(=O)N3C(C(=O)OC(c4ccccc4)c4ccccc4)=C(C=CCCl)CS[C@H]23)ns1. The number of thioether (sulfide) groups is 1. The van der Waals surface area contributed by atoms with Crippen LogP contribution in [-0.2, 0) is 24.0 Å². The van der Waals surface area contributed by atoms with E-state index < -0.39 is 35.3 Å². The minimum absolute atomic E-state index is 0.0171. The van der Waals surface area contributed by atoms with Crippen molar-refractivity contribution in [3.05, 3.63) is 101 Å². The van der Waals surface area contributed by atoms with Crippen LogP contribution in [0.1, 0.15) is 48.7 Å². The number of nitrogens with two attached hydrogens (primary N) is 1. The number of ether oxygens (including phenoxy) is 1.